The van der Waals surface area contributed by atoms with Crippen LogP contribution in [0.15, 0.2) is 24.3 Å². The topological polar surface area (TPSA) is 125 Å². The molecule has 2 aliphatic rings. The molecule has 0 amide bonds. The number of carbonyl (C=O) groups is 4. The van der Waals surface area contributed by atoms with Crippen LogP contribution in [0.4, 0.5) is 0 Å². The number of fused-ring (bicyclic) bond motifs is 1. The molecule has 2 rings (SSSR count). The Morgan fingerprint density at radius 1 is 0.962 bits per heavy atom. The van der Waals surface area contributed by atoms with Crippen molar-refractivity contribution in [2.24, 2.45) is 0 Å². The lowest BCUT2D eigenvalue weighted by Gasteiger charge is -2.16. The van der Waals surface area contributed by atoms with Crippen LogP contribution in [0.25, 0.3) is 0 Å². The van der Waals surface area contributed by atoms with Crippen molar-refractivity contribution in [3.63, 3.8) is 0 Å². The number of hydrogen-bond donors (Lipinski definition) is 1. The normalized spacial score (nSPS) is 27.5. The van der Waals surface area contributed by atoms with E-state index in [2.05, 4.69) is 0 Å². The summed E-state index contributed by atoms with van der Waals surface area (Å²) in [5, 5.41) is 8.48. The largest absolute Gasteiger partial charge is 0.478 e. The number of carbonyl (C=O) groups excluding carboxylic acids is 3. The zero-order chi connectivity index (χ0) is 18.9. The molecular weight excluding hydrogens is 368 g/mol. The molecule has 0 aromatic rings. The second-order valence-corrected chi connectivity index (χ2v) is 6.40. The number of aliphatic carboxylic acids is 1. The molecule has 26 heavy (non-hydrogen) atoms. The van der Waals surface area contributed by atoms with Gasteiger partial charge in [0.15, 0.2) is 12.2 Å². The number of rotatable bonds is 9. The molecule has 142 valence electrons. The number of ether oxygens (including phenoxy) is 4. The summed E-state index contributed by atoms with van der Waals surface area (Å²) in [4.78, 5) is 43.9. The van der Waals surface area contributed by atoms with Crippen LogP contribution in [0.5, 0.6) is 0 Å². The third kappa shape index (κ3) is 5.97. The fourth-order valence-corrected chi connectivity index (χ4v) is 2.94. The van der Waals surface area contributed by atoms with Crippen molar-refractivity contribution in [2.75, 3.05) is 24.7 Å². The zero-order valence-electron chi connectivity index (χ0n) is 13.6. The number of thioether (sulfide) groups is 1. The highest BCUT2D eigenvalue weighted by molar-refractivity contribution is 8.00. The van der Waals surface area contributed by atoms with Crippen LogP contribution in [0.3, 0.4) is 0 Å². The molecule has 9 nitrogen and oxygen atoms in total. The van der Waals surface area contributed by atoms with Crippen LogP contribution >= 0.6 is 11.8 Å². The van der Waals surface area contributed by atoms with Crippen molar-refractivity contribution in [1.29, 1.82) is 0 Å². The molecule has 0 bridgehead atoms. The Kier molecular flexibility index (Phi) is 7.82. The van der Waals surface area contributed by atoms with Crippen molar-refractivity contribution in [3.8, 4) is 0 Å². The van der Waals surface area contributed by atoms with Crippen molar-refractivity contribution in [1.82, 2.24) is 0 Å². The van der Waals surface area contributed by atoms with Crippen molar-refractivity contribution >= 4 is 36.0 Å². The van der Waals surface area contributed by atoms with Gasteiger partial charge in [-0.05, 0) is 0 Å². The summed E-state index contributed by atoms with van der Waals surface area (Å²) in [6.07, 6.45) is 2.66. The van der Waals surface area contributed by atoms with Gasteiger partial charge in [0.1, 0.15) is 18.5 Å². The first kappa shape index (κ1) is 20.1. The van der Waals surface area contributed by atoms with Crippen molar-refractivity contribution in [3.05, 3.63) is 24.3 Å². The molecule has 1 N–H and O–H groups in total. The van der Waals surface area contributed by atoms with Gasteiger partial charge in [-0.1, -0.05) is 6.08 Å². The maximum Gasteiger partial charge on any atom is 0.331 e. The van der Waals surface area contributed by atoms with Gasteiger partial charge in [-0.25, -0.2) is 14.4 Å². The smallest absolute Gasteiger partial charge is 0.331 e. The average molecular weight is 386 g/mol. The van der Waals surface area contributed by atoms with Gasteiger partial charge in [0.05, 0.1) is 13.2 Å². The quantitative estimate of drug-likeness (QED) is 0.245. The predicted octanol–water partition coefficient (Wildman–Crippen LogP) is -0.263. The van der Waals surface area contributed by atoms with Gasteiger partial charge in [-0.3, -0.25) is 0 Å². The molecule has 0 spiro atoms. The average Bonchev–Trinajstić information content (AvgIpc) is 3.17. The third-order valence-electron chi connectivity index (χ3n) is 3.51. The highest BCUT2D eigenvalue weighted by atomic mass is 32.2. The minimum absolute atomic E-state index is 0.0637. The number of carboxylic acid groups (broad SMARTS) is 1. The second kappa shape index (κ2) is 10.1. The summed E-state index contributed by atoms with van der Waals surface area (Å²) in [5.74, 6) is -1.76. The van der Waals surface area contributed by atoms with Crippen molar-refractivity contribution in [2.45, 2.75) is 24.4 Å². The number of carboxylic acids is 1. The van der Waals surface area contributed by atoms with Gasteiger partial charge in [-0.2, -0.15) is 11.8 Å². The van der Waals surface area contributed by atoms with E-state index in [-0.39, 0.29) is 13.2 Å². The van der Waals surface area contributed by atoms with Gasteiger partial charge in [-0.15, -0.1) is 0 Å². The van der Waals surface area contributed by atoms with Crippen LogP contribution in [0.1, 0.15) is 0 Å². The van der Waals surface area contributed by atoms with E-state index in [1.54, 1.807) is 6.08 Å². The van der Waals surface area contributed by atoms with Crippen LogP contribution in [0.2, 0.25) is 0 Å². The lowest BCUT2D eigenvalue weighted by molar-refractivity contribution is -0.149. The highest BCUT2D eigenvalue weighted by Crippen LogP contribution is 2.30. The molecule has 0 aliphatic carbocycles. The molecule has 0 aromatic heterocycles. The molecule has 0 aromatic carbocycles. The fraction of sp³-hybridized carbons (Fsp3) is 0.500. The third-order valence-corrected chi connectivity index (χ3v) is 4.31. The van der Waals surface area contributed by atoms with Crippen molar-refractivity contribution < 1.29 is 43.2 Å². The van der Waals surface area contributed by atoms with Crippen LogP contribution < -0.4 is 0 Å². The molecule has 2 heterocycles. The van der Waals surface area contributed by atoms with E-state index < -0.39 is 42.3 Å². The first-order valence-corrected chi connectivity index (χ1v) is 8.90. The van der Waals surface area contributed by atoms with Gasteiger partial charge >= 0.3 is 17.9 Å². The molecule has 0 radical (unpaired) electrons. The Morgan fingerprint density at radius 3 is 2.08 bits per heavy atom. The number of aldehydes is 1. The first-order valence-electron chi connectivity index (χ1n) is 7.74. The van der Waals surface area contributed by atoms with E-state index in [1.807, 2.05) is 0 Å². The molecule has 2 aliphatic heterocycles. The van der Waals surface area contributed by atoms with E-state index in [1.165, 1.54) is 17.8 Å². The predicted molar refractivity (Wildman–Crippen MR) is 88.5 cm³/mol. The van der Waals surface area contributed by atoms with Gasteiger partial charge in [0.25, 0.3) is 0 Å². The Morgan fingerprint density at radius 2 is 1.54 bits per heavy atom. The molecule has 2 fully saturated rings. The highest BCUT2D eigenvalue weighted by Gasteiger charge is 2.50. The summed E-state index contributed by atoms with van der Waals surface area (Å²) < 4.78 is 21.4. The first-order chi connectivity index (χ1) is 12.5. The van der Waals surface area contributed by atoms with E-state index in [0.717, 1.165) is 12.4 Å². The summed E-state index contributed by atoms with van der Waals surface area (Å²) in [7, 11) is 0. The Hall–Kier alpha value is -2.17. The molecular formula is C16H18O9S. The van der Waals surface area contributed by atoms with E-state index in [0.29, 0.717) is 17.6 Å². The standard InChI is InChI=1S/C16H18O9S/c17-5-7-26-6-1-2-13(20)24-10-8-22-16-11(9-23-15(10)16)25-14(21)4-3-12(18)19/h1-5,10-11,15-16H,6-9H2,(H,18,19)/b2-1-,4-3-/t10-,11+,15+,16+/m0/s1. The van der Waals surface area contributed by atoms with Gasteiger partial charge in [0.2, 0.25) is 0 Å². The lowest BCUT2D eigenvalue weighted by atomic mass is 10.1. The maximum atomic E-state index is 11.8. The minimum Gasteiger partial charge on any atom is -0.478 e. The Balaban J connectivity index is 1.78. The minimum atomic E-state index is -1.26. The molecule has 4 atom stereocenters. The fourth-order valence-electron chi connectivity index (χ4n) is 2.48. The lowest BCUT2D eigenvalue weighted by Crippen LogP contribution is -2.35. The van der Waals surface area contributed by atoms with Gasteiger partial charge in [0, 0.05) is 29.7 Å². The van der Waals surface area contributed by atoms with Crippen LogP contribution in [-0.2, 0) is 38.1 Å². The van der Waals surface area contributed by atoms with E-state index in [9.17, 15) is 19.2 Å². The number of hydrogen-bond acceptors (Lipinski definition) is 9. The number of esters is 2. The van der Waals surface area contributed by atoms with E-state index >= 15 is 0 Å². The van der Waals surface area contributed by atoms with E-state index in [4.69, 9.17) is 24.1 Å². The zero-order valence-corrected chi connectivity index (χ0v) is 14.5. The SMILES string of the molecule is O=CCSC/C=C\C(=O)O[C@H]1CO[C@H]2[C@@H]1OC[C@H]2OC(=O)/C=C\C(=O)O. The summed E-state index contributed by atoms with van der Waals surface area (Å²) in [6.45, 7) is 0.169. The van der Waals surface area contributed by atoms with Gasteiger partial charge < -0.3 is 28.8 Å². The molecule has 2 saturated heterocycles. The Labute approximate surface area is 153 Å². The second-order valence-electron chi connectivity index (χ2n) is 5.32. The molecule has 10 heteroatoms. The summed E-state index contributed by atoms with van der Waals surface area (Å²) in [6, 6.07) is 0. The molecule has 0 unspecified atom stereocenters. The van der Waals surface area contributed by atoms with Crippen LogP contribution in [0, 0.1) is 0 Å². The summed E-state index contributed by atoms with van der Waals surface area (Å²) >= 11 is 1.36. The Bertz CT molecular complexity index is 601. The monoisotopic (exact) mass is 386 g/mol. The molecule has 0 saturated carbocycles. The maximum absolute atomic E-state index is 11.8. The van der Waals surface area contributed by atoms with Crippen LogP contribution in [-0.4, -0.2) is 78.4 Å². The summed E-state index contributed by atoms with van der Waals surface area (Å²) in [5.41, 5.74) is 0.